The van der Waals surface area contributed by atoms with Crippen LogP contribution in [0.4, 0.5) is 0 Å². The summed E-state index contributed by atoms with van der Waals surface area (Å²) in [5.74, 6) is 5.66. The lowest BCUT2D eigenvalue weighted by atomic mass is 9.47. The van der Waals surface area contributed by atoms with Crippen molar-refractivity contribution in [2.45, 2.75) is 149 Å². The van der Waals surface area contributed by atoms with Gasteiger partial charge in [0.05, 0.1) is 12.7 Å². The Hall–Kier alpha value is -0.500. The predicted octanol–water partition coefficient (Wildman–Crippen LogP) is 5.85. The second-order valence-electron chi connectivity index (χ2n) is 15.7. The van der Waals surface area contributed by atoms with Crippen LogP contribution in [0, 0.1) is 52.3 Å². The number of ether oxygens (including phenoxy) is 2. The third kappa shape index (κ3) is 5.73. The molecular formula is C35H60O6. The average molecular weight is 577 g/mol. The van der Waals surface area contributed by atoms with E-state index in [9.17, 15) is 20.4 Å². The fourth-order valence-corrected chi connectivity index (χ4v) is 10.8. The first-order chi connectivity index (χ1) is 19.4. The molecule has 5 aliphatic rings. The van der Waals surface area contributed by atoms with Gasteiger partial charge in [0.25, 0.3) is 0 Å². The van der Waals surface area contributed by atoms with Gasteiger partial charge in [-0.2, -0.15) is 0 Å². The first-order valence-electron chi connectivity index (χ1n) is 17.1. The maximum absolute atomic E-state index is 10.5. The second-order valence-corrected chi connectivity index (χ2v) is 15.7. The van der Waals surface area contributed by atoms with Gasteiger partial charge in [-0.05, 0) is 110 Å². The Morgan fingerprint density at radius 2 is 1.71 bits per heavy atom. The van der Waals surface area contributed by atoms with Crippen LogP contribution in [-0.2, 0) is 9.47 Å². The highest BCUT2D eigenvalue weighted by molar-refractivity contribution is 5.25. The van der Waals surface area contributed by atoms with Crippen LogP contribution in [-0.4, -0.2) is 63.8 Å². The Balaban J connectivity index is 1.24. The highest BCUT2D eigenvalue weighted by atomic mass is 16.7. The Bertz CT molecular complexity index is 918. The van der Waals surface area contributed by atoms with Crippen molar-refractivity contribution in [2.75, 3.05) is 6.61 Å². The monoisotopic (exact) mass is 576 g/mol. The predicted molar refractivity (Wildman–Crippen MR) is 161 cm³/mol. The third-order valence-corrected chi connectivity index (χ3v) is 13.5. The van der Waals surface area contributed by atoms with Gasteiger partial charge in [-0.15, -0.1) is 0 Å². The first kappa shape index (κ1) is 31.9. The molecule has 4 aliphatic carbocycles. The molecule has 4 N–H and O–H groups in total. The maximum Gasteiger partial charge on any atom is 0.186 e. The number of fused-ring (bicyclic) bond motifs is 5. The lowest BCUT2D eigenvalue weighted by Gasteiger charge is -2.58. The molecule has 0 unspecified atom stereocenters. The van der Waals surface area contributed by atoms with Crippen molar-refractivity contribution in [1.82, 2.24) is 0 Å². The van der Waals surface area contributed by atoms with Crippen LogP contribution in [0.15, 0.2) is 11.6 Å². The lowest BCUT2D eigenvalue weighted by Crippen LogP contribution is -2.60. The van der Waals surface area contributed by atoms with E-state index in [1.54, 1.807) is 0 Å². The molecule has 1 saturated heterocycles. The van der Waals surface area contributed by atoms with Crippen molar-refractivity contribution in [3.63, 3.8) is 0 Å². The summed E-state index contributed by atoms with van der Waals surface area (Å²) in [6, 6.07) is 0. The molecule has 0 aromatic rings. The van der Waals surface area contributed by atoms with Gasteiger partial charge in [0, 0.05) is 0 Å². The quantitative estimate of drug-likeness (QED) is 0.257. The molecule has 41 heavy (non-hydrogen) atoms. The summed E-state index contributed by atoms with van der Waals surface area (Å²) in [6.07, 6.45) is 9.92. The van der Waals surface area contributed by atoms with Gasteiger partial charge >= 0.3 is 0 Å². The molecule has 1 aliphatic heterocycles. The van der Waals surface area contributed by atoms with Crippen LogP contribution in [0.5, 0.6) is 0 Å². The second kappa shape index (κ2) is 12.5. The summed E-state index contributed by atoms with van der Waals surface area (Å²) in [5.41, 5.74) is 2.19. The zero-order chi connectivity index (χ0) is 29.7. The summed E-state index contributed by atoms with van der Waals surface area (Å²) in [7, 11) is 0. The largest absolute Gasteiger partial charge is 0.394 e. The van der Waals surface area contributed by atoms with E-state index in [1.165, 1.54) is 56.9 Å². The number of aliphatic hydroxyl groups is 4. The SMILES string of the molecule is CC[C@@H](CC[C@H](C)[C@H]1CC[C@@H]2[C@H]3CC=C4C[C@@H](O[C@@H]5O[C@H](CO)[C@@H](O)[C@H](O)[C@H]5O)CC[C@]4(C)[C@@H]3CC[C@@]21C)C(C)C. The minimum atomic E-state index is -1.40. The average Bonchev–Trinajstić information content (AvgIpc) is 3.30. The zero-order valence-electron chi connectivity index (χ0n) is 26.7. The number of hydrogen-bond acceptors (Lipinski definition) is 6. The van der Waals surface area contributed by atoms with Crippen molar-refractivity contribution in [3.05, 3.63) is 11.6 Å². The van der Waals surface area contributed by atoms with E-state index in [0.29, 0.717) is 5.41 Å². The summed E-state index contributed by atoms with van der Waals surface area (Å²) >= 11 is 0. The van der Waals surface area contributed by atoms with Crippen LogP contribution in [0.25, 0.3) is 0 Å². The van der Waals surface area contributed by atoms with E-state index >= 15 is 0 Å². The number of rotatable bonds is 9. The van der Waals surface area contributed by atoms with Gasteiger partial charge < -0.3 is 29.9 Å². The van der Waals surface area contributed by atoms with Crippen LogP contribution >= 0.6 is 0 Å². The lowest BCUT2D eigenvalue weighted by molar-refractivity contribution is -0.313. The van der Waals surface area contributed by atoms with Crippen molar-refractivity contribution in [2.24, 2.45) is 52.3 Å². The molecule has 0 aromatic heterocycles. The van der Waals surface area contributed by atoms with Crippen LogP contribution in [0.3, 0.4) is 0 Å². The Labute approximate surface area is 249 Å². The highest BCUT2D eigenvalue weighted by Gasteiger charge is 2.59. The molecule has 4 fully saturated rings. The summed E-state index contributed by atoms with van der Waals surface area (Å²) in [4.78, 5) is 0. The smallest absolute Gasteiger partial charge is 0.186 e. The molecule has 0 aromatic carbocycles. The van der Waals surface area contributed by atoms with Gasteiger partial charge in [-0.1, -0.05) is 66.0 Å². The molecule has 1 heterocycles. The topological polar surface area (TPSA) is 99.4 Å². The number of hydrogen-bond donors (Lipinski definition) is 4. The molecule has 6 nitrogen and oxygen atoms in total. The normalized spacial score (nSPS) is 47.7. The van der Waals surface area contributed by atoms with E-state index in [-0.39, 0.29) is 11.5 Å². The van der Waals surface area contributed by atoms with Gasteiger partial charge in [0.15, 0.2) is 6.29 Å². The molecule has 6 heteroatoms. The van der Waals surface area contributed by atoms with E-state index < -0.39 is 37.3 Å². The number of allylic oxidation sites excluding steroid dienone is 1. The Morgan fingerprint density at radius 3 is 2.39 bits per heavy atom. The summed E-state index contributed by atoms with van der Waals surface area (Å²) in [6.45, 7) is 14.5. The Kier molecular flexibility index (Phi) is 9.71. The van der Waals surface area contributed by atoms with E-state index in [1.807, 2.05) is 0 Å². The van der Waals surface area contributed by atoms with Crippen LogP contribution in [0.1, 0.15) is 112 Å². The molecule has 0 amide bonds. The Morgan fingerprint density at radius 1 is 0.951 bits per heavy atom. The van der Waals surface area contributed by atoms with Crippen molar-refractivity contribution < 1.29 is 29.9 Å². The van der Waals surface area contributed by atoms with Crippen LogP contribution < -0.4 is 0 Å². The fourth-order valence-electron chi connectivity index (χ4n) is 10.8. The third-order valence-electron chi connectivity index (χ3n) is 13.5. The van der Waals surface area contributed by atoms with E-state index in [0.717, 1.165) is 60.7 Å². The summed E-state index contributed by atoms with van der Waals surface area (Å²) < 4.78 is 11.9. The number of aliphatic hydroxyl groups excluding tert-OH is 4. The molecule has 0 radical (unpaired) electrons. The standard InChI is InChI=1S/C35H60O6/c1-7-22(20(2)3)9-8-21(4)26-12-13-27-25-11-10-23-18-24(14-16-34(23,5)28(25)15-17-35(26,27)6)40-33-32(39)31(38)30(37)29(19-36)41-33/h10,20-22,24-33,36-39H,7-9,11-19H2,1-6H3/t21-,22-,24-,25+,26+,27+,28+,29+,30+,31-,32+,33+,34-,35+/m0/s1. The molecule has 14 atom stereocenters. The minimum absolute atomic E-state index is 0.101. The molecule has 5 rings (SSSR count). The van der Waals surface area contributed by atoms with Gasteiger partial charge in [0.2, 0.25) is 0 Å². The fraction of sp³-hybridized carbons (Fsp3) is 0.943. The van der Waals surface area contributed by atoms with E-state index in [4.69, 9.17) is 9.47 Å². The minimum Gasteiger partial charge on any atom is -0.394 e. The molecule has 236 valence electrons. The first-order valence-corrected chi connectivity index (χ1v) is 17.1. The van der Waals surface area contributed by atoms with Gasteiger partial charge in [-0.25, -0.2) is 0 Å². The highest BCUT2D eigenvalue weighted by Crippen LogP contribution is 2.67. The van der Waals surface area contributed by atoms with Crippen LogP contribution in [0.2, 0.25) is 0 Å². The molecular weight excluding hydrogens is 516 g/mol. The van der Waals surface area contributed by atoms with Gasteiger partial charge in [-0.3, -0.25) is 0 Å². The van der Waals surface area contributed by atoms with E-state index in [2.05, 4.69) is 47.6 Å². The molecule has 0 spiro atoms. The summed E-state index contributed by atoms with van der Waals surface area (Å²) in [5, 5.41) is 40.4. The molecule has 0 bridgehead atoms. The molecule has 3 saturated carbocycles. The van der Waals surface area contributed by atoms with Gasteiger partial charge in [0.1, 0.15) is 24.4 Å². The zero-order valence-corrected chi connectivity index (χ0v) is 26.7. The van der Waals surface area contributed by atoms with Crippen molar-refractivity contribution in [1.29, 1.82) is 0 Å². The van der Waals surface area contributed by atoms with Crippen molar-refractivity contribution in [3.8, 4) is 0 Å². The van der Waals surface area contributed by atoms with Crippen molar-refractivity contribution >= 4 is 0 Å². The maximum atomic E-state index is 10.5.